The molecule has 0 unspecified atom stereocenters. The van der Waals surface area contributed by atoms with Gasteiger partial charge >= 0.3 is 0 Å². The molecule has 3 aromatic rings. The maximum Gasteiger partial charge on any atom is 0.199 e. The first-order valence-corrected chi connectivity index (χ1v) is 5.90. The Bertz CT molecular complexity index is 743. The highest BCUT2D eigenvalue weighted by Gasteiger charge is 2.14. The van der Waals surface area contributed by atoms with E-state index in [1.165, 1.54) is 6.92 Å². The summed E-state index contributed by atoms with van der Waals surface area (Å²) in [4.78, 5) is 20.0. The van der Waals surface area contributed by atoms with E-state index in [-0.39, 0.29) is 12.2 Å². The molecule has 3 heterocycles. The highest BCUT2D eigenvalue weighted by atomic mass is 16.3. The number of furan rings is 1. The van der Waals surface area contributed by atoms with Crippen molar-refractivity contribution in [3.05, 3.63) is 36.0 Å². The molecule has 0 aliphatic rings. The van der Waals surface area contributed by atoms with E-state index in [0.29, 0.717) is 28.8 Å². The monoisotopic (exact) mass is 256 g/mol. The number of aromatic nitrogens is 4. The summed E-state index contributed by atoms with van der Waals surface area (Å²) in [6.07, 6.45) is 1.85. The Hall–Kier alpha value is -2.50. The number of carbonyl (C=O) groups excluding carboxylic acids is 1. The van der Waals surface area contributed by atoms with Gasteiger partial charge in [0.05, 0.1) is 12.0 Å². The fraction of sp³-hybridized carbons (Fsp3) is 0.231. The average Bonchev–Trinajstić information content (AvgIpc) is 2.94. The zero-order valence-corrected chi connectivity index (χ0v) is 10.6. The van der Waals surface area contributed by atoms with Crippen LogP contribution in [0.1, 0.15) is 18.4 Å². The van der Waals surface area contributed by atoms with Gasteiger partial charge < -0.3 is 4.42 Å². The topological polar surface area (TPSA) is 73.3 Å². The van der Waals surface area contributed by atoms with E-state index in [4.69, 9.17) is 4.42 Å². The SMILES string of the molecule is CC(=O)Cc1cc2nc(C)nn2c(-c2ccco2)n1. The van der Waals surface area contributed by atoms with E-state index < -0.39 is 0 Å². The molecule has 0 fully saturated rings. The summed E-state index contributed by atoms with van der Waals surface area (Å²) in [5.41, 5.74) is 1.33. The summed E-state index contributed by atoms with van der Waals surface area (Å²) in [5.74, 6) is 1.85. The van der Waals surface area contributed by atoms with Gasteiger partial charge in [0.2, 0.25) is 0 Å². The van der Waals surface area contributed by atoms with E-state index in [1.807, 2.05) is 6.92 Å². The molecule has 6 nitrogen and oxygen atoms in total. The van der Waals surface area contributed by atoms with E-state index in [1.54, 1.807) is 29.0 Å². The first kappa shape index (κ1) is 11.6. The van der Waals surface area contributed by atoms with Crippen molar-refractivity contribution in [3.63, 3.8) is 0 Å². The van der Waals surface area contributed by atoms with Crippen LogP contribution >= 0.6 is 0 Å². The summed E-state index contributed by atoms with van der Waals surface area (Å²) in [5, 5.41) is 4.29. The molecule has 0 radical (unpaired) electrons. The highest BCUT2D eigenvalue weighted by molar-refractivity contribution is 5.78. The molecule has 0 aliphatic heterocycles. The molecular formula is C13H12N4O2. The van der Waals surface area contributed by atoms with Crippen molar-refractivity contribution >= 4 is 11.4 Å². The van der Waals surface area contributed by atoms with E-state index in [0.717, 1.165) is 0 Å². The number of rotatable bonds is 3. The smallest absolute Gasteiger partial charge is 0.199 e. The zero-order valence-electron chi connectivity index (χ0n) is 10.6. The van der Waals surface area contributed by atoms with Crippen LogP contribution in [0.15, 0.2) is 28.9 Å². The van der Waals surface area contributed by atoms with Gasteiger partial charge in [-0.15, -0.1) is 5.10 Å². The molecule has 0 amide bonds. The van der Waals surface area contributed by atoms with Crippen molar-refractivity contribution in [1.29, 1.82) is 0 Å². The Labute approximate surface area is 109 Å². The number of hydrogen-bond acceptors (Lipinski definition) is 5. The van der Waals surface area contributed by atoms with Gasteiger partial charge in [-0.2, -0.15) is 4.52 Å². The van der Waals surface area contributed by atoms with Crippen molar-refractivity contribution in [2.45, 2.75) is 20.3 Å². The van der Waals surface area contributed by atoms with Crippen LogP contribution in [0.4, 0.5) is 0 Å². The molecule has 19 heavy (non-hydrogen) atoms. The molecule has 0 saturated carbocycles. The predicted octanol–water partition coefficient (Wildman–Crippen LogP) is 1.82. The molecule has 0 atom stereocenters. The molecule has 0 bridgehead atoms. The third-order valence-corrected chi connectivity index (χ3v) is 2.66. The van der Waals surface area contributed by atoms with E-state index >= 15 is 0 Å². The third-order valence-electron chi connectivity index (χ3n) is 2.66. The van der Waals surface area contributed by atoms with Gasteiger partial charge in [-0.05, 0) is 26.0 Å². The van der Waals surface area contributed by atoms with Crippen LogP contribution < -0.4 is 0 Å². The summed E-state index contributed by atoms with van der Waals surface area (Å²) < 4.78 is 6.98. The normalized spacial score (nSPS) is 11.1. The lowest BCUT2D eigenvalue weighted by Crippen LogP contribution is -2.05. The van der Waals surface area contributed by atoms with Gasteiger partial charge in [0, 0.05) is 12.5 Å². The molecule has 0 aromatic carbocycles. The van der Waals surface area contributed by atoms with Gasteiger partial charge in [0.25, 0.3) is 0 Å². The zero-order chi connectivity index (χ0) is 13.4. The number of ketones is 1. The fourth-order valence-electron chi connectivity index (χ4n) is 1.96. The Morgan fingerprint density at radius 1 is 1.42 bits per heavy atom. The van der Waals surface area contributed by atoms with E-state index in [9.17, 15) is 4.79 Å². The number of carbonyl (C=O) groups is 1. The largest absolute Gasteiger partial charge is 0.461 e. The van der Waals surface area contributed by atoms with Gasteiger partial charge in [0.15, 0.2) is 17.2 Å². The molecule has 96 valence electrons. The minimum Gasteiger partial charge on any atom is -0.461 e. The molecular weight excluding hydrogens is 244 g/mol. The second-order valence-electron chi connectivity index (χ2n) is 4.36. The predicted molar refractivity (Wildman–Crippen MR) is 67.6 cm³/mol. The molecule has 3 aromatic heterocycles. The molecule has 0 N–H and O–H groups in total. The van der Waals surface area contributed by atoms with Crippen molar-refractivity contribution in [3.8, 4) is 11.6 Å². The Morgan fingerprint density at radius 2 is 2.26 bits per heavy atom. The average molecular weight is 256 g/mol. The van der Waals surface area contributed by atoms with Crippen LogP contribution in [-0.2, 0) is 11.2 Å². The first-order chi connectivity index (χ1) is 9.13. The van der Waals surface area contributed by atoms with Crippen LogP contribution in [0, 0.1) is 6.92 Å². The first-order valence-electron chi connectivity index (χ1n) is 5.90. The quantitative estimate of drug-likeness (QED) is 0.714. The van der Waals surface area contributed by atoms with Crippen molar-refractivity contribution in [1.82, 2.24) is 19.6 Å². The van der Waals surface area contributed by atoms with Gasteiger partial charge in [-0.25, -0.2) is 9.97 Å². The summed E-state index contributed by atoms with van der Waals surface area (Å²) in [6, 6.07) is 5.36. The van der Waals surface area contributed by atoms with Gasteiger partial charge in [-0.1, -0.05) is 0 Å². The minimum absolute atomic E-state index is 0.0542. The third kappa shape index (κ3) is 2.12. The highest BCUT2D eigenvalue weighted by Crippen LogP contribution is 2.19. The molecule has 0 aliphatic carbocycles. The van der Waals surface area contributed by atoms with Crippen molar-refractivity contribution in [2.24, 2.45) is 0 Å². The maximum absolute atomic E-state index is 11.2. The maximum atomic E-state index is 11.2. The minimum atomic E-state index is 0.0542. The van der Waals surface area contributed by atoms with Crippen molar-refractivity contribution < 1.29 is 9.21 Å². The van der Waals surface area contributed by atoms with Crippen molar-refractivity contribution in [2.75, 3.05) is 0 Å². The van der Waals surface area contributed by atoms with Gasteiger partial charge in [0.1, 0.15) is 11.6 Å². The Morgan fingerprint density at radius 3 is 2.95 bits per heavy atom. The summed E-state index contributed by atoms with van der Waals surface area (Å²) in [6.45, 7) is 3.34. The summed E-state index contributed by atoms with van der Waals surface area (Å²) in [7, 11) is 0. The van der Waals surface area contributed by atoms with Gasteiger partial charge in [-0.3, -0.25) is 4.79 Å². The molecule has 0 spiro atoms. The molecule has 3 rings (SSSR count). The fourth-order valence-corrected chi connectivity index (χ4v) is 1.96. The molecule has 6 heteroatoms. The second-order valence-corrected chi connectivity index (χ2v) is 4.36. The lowest BCUT2D eigenvalue weighted by molar-refractivity contribution is -0.116. The number of fused-ring (bicyclic) bond motifs is 1. The van der Waals surface area contributed by atoms with Crippen LogP contribution in [-0.4, -0.2) is 25.4 Å². The summed E-state index contributed by atoms with van der Waals surface area (Å²) >= 11 is 0. The van der Waals surface area contributed by atoms with Crippen LogP contribution in [0.25, 0.3) is 17.2 Å². The van der Waals surface area contributed by atoms with Crippen LogP contribution in [0.2, 0.25) is 0 Å². The number of Topliss-reactive ketones (excluding diaryl/α,β-unsaturated/α-hetero) is 1. The lowest BCUT2D eigenvalue weighted by atomic mass is 10.2. The number of hydrogen-bond donors (Lipinski definition) is 0. The standard InChI is InChI=1S/C13H12N4O2/c1-8(18)6-10-7-12-14-9(2)16-17(12)13(15-10)11-4-3-5-19-11/h3-5,7H,6H2,1-2H3. The molecule has 0 saturated heterocycles. The lowest BCUT2D eigenvalue weighted by Gasteiger charge is -2.03. The Kier molecular flexibility index (Phi) is 2.63. The number of aryl methyl sites for hydroxylation is 1. The van der Waals surface area contributed by atoms with Crippen LogP contribution in [0.3, 0.4) is 0 Å². The second kappa shape index (κ2) is 4.31. The van der Waals surface area contributed by atoms with Crippen LogP contribution in [0.5, 0.6) is 0 Å². The van der Waals surface area contributed by atoms with E-state index in [2.05, 4.69) is 15.1 Å². The Balaban J connectivity index is 2.24. The number of nitrogens with zero attached hydrogens (tertiary/aromatic N) is 4.